The molecule has 0 radical (unpaired) electrons. The molecule has 0 N–H and O–H groups in total. The first-order chi connectivity index (χ1) is 8.08. The normalized spacial score (nSPS) is 18.0. The van der Waals surface area contributed by atoms with Crippen LogP contribution in [0.4, 0.5) is 8.78 Å². The van der Waals surface area contributed by atoms with Crippen molar-refractivity contribution < 1.29 is 8.78 Å². The van der Waals surface area contributed by atoms with E-state index in [9.17, 15) is 8.78 Å². The molecule has 0 saturated carbocycles. The van der Waals surface area contributed by atoms with Gasteiger partial charge < -0.3 is 0 Å². The van der Waals surface area contributed by atoms with Gasteiger partial charge in [0.15, 0.2) is 0 Å². The highest BCUT2D eigenvalue weighted by Gasteiger charge is 2.11. The minimum absolute atomic E-state index is 0.185. The van der Waals surface area contributed by atoms with Crippen molar-refractivity contribution >= 4 is 28.2 Å². The van der Waals surface area contributed by atoms with E-state index in [-0.39, 0.29) is 11.6 Å². The summed E-state index contributed by atoms with van der Waals surface area (Å²) in [5.74, 6) is -0.482. The summed E-state index contributed by atoms with van der Waals surface area (Å²) >= 11 is 2.05. The molecule has 0 nitrogen and oxygen atoms in total. The van der Waals surface area contributed by atoms with E-state index in [1.807, 2.05) is 25.1 Å². The molecule has 0 saturated heterocycles. The van der Waals surface area contributed by atoms with Gasteiger partial charge in [0.05, 0.1) is 0 Å². The van der Waals surface area contributed by atoms with Crippen molar-refractivity contribution in [1.82, 2.24) is 0 Å². The fourth-order valence-corrected chi connectivity index (χ4v) is 2.41. The smallest absolute Gasteiger partial charge is 0.124 e. The molecule has 1 aliphatic rings. The zero-order chi connectivity index (χ0) is 12.4. The molecule has 2 rings (SSSR count). The van der Waals surface area contributed by atoms with Gasteiger partial charge in [0, 0.05) is 9.99 Å². The highest BCUT2D eigenvalue weighted by atomic mass is 127. The molecule has 88 valence electrons. The minimum Gasteiger partial charge on any atom is -0.211 e. The second-order valence-electron chi connectivity index (χ2n) is 3.89. The van der Waals surface area contributed by atoms with E-state index >= 15 is 0 Å². The molecule has 1 aromatic carbocycles. The fourth-order valence-electron chi connectivity index (χ4n) is 1.78. The summed E-state index contributed by atoms with van der Waals surface area (Å²) in [4.78, 5) is 0. The van der Waals surface area contributed by atoms with Gasteiger partial charge in [-0.05, 0) is 70.5 Å². The van der Waals surface area contributed by atoms with Crippen LogP contribution in [0.15, 0.2) is 47.8 Å². The minimum atomic E-state index is -0.297. The maximum atomic E-state index is 13.4. The quantitative estimate of drug-likeness (QED) is 0.628. The summed E-state index contributed by atoms with van der Waals surface area (Å²) in [6.45, 7) is 1.87. The molecular weight excluding hydrogens is 333 g/mol. The lowest BCUT2D eigenvalue weighted by molar-refractivity contribution is 0.611. The molecule has 0 bridgehead atoms. The highest BCUT2D eigenvalue weighted by molar-refractivity contribution is 14.1. The SMILES string of the molecule is C/C=C1/C=C(c2cc(F)cc(I)c2)C=C(F)C1. The monoisotopic (exact) mass is 344 g/mol. The van der Waals surface area contributed by atoms with Crippen LogP contribution < -0.4 is 0 Å². The predicted molar refractivity (Wildman–Crippen MR) is 74.7 cm³/mol. The van der Waals surface area contributed by atoms with E-state index in [2.05, 4.69) is 22.6 Å². The maximum absolute atomic E-state index is 13.4. The van der Waals surface area contributed by atoms with Crippen LogP contribution in [0.25, 0.3) is 5.57 Å². The summed E-state index contributed by atoms with van der Waals surface area (Å²) in [7, 11) is 0. The van der Waals surface area contributed by atoms with Gasteiger partial charge in [0.1, 0.15) is 11.6 Å². The van der Waals surface area contributed by atoms with Gasteiger partial charge in [-0.1, -0.05) is 12.2 Å². The highest BCUT2D eigenvalue weighted by Crippen LogP contribution is 2.30. The van der Waals surface area contributed by atoms with Gasteiger partial charge in [0.25, 0.3) is 0 Å². The van der Waals surface area contributed by atoms with Crippen LogP contribution in [0.3, 0.4) is 0 Å². The van der Waals surface area contributed by atoms with Crippen LogP contribution in [-0.2, 0) is 0 Å². The Morgan fingerprint density at radius 2 is 1.94 bits per heavy atom. The zero-order valence-corrected chi connectivity index (χ0v) is 11.5. The summed E-state index contributed by atoms with van der Waals surface area (Å²) < 4.78 is 27.5. The maximum Gasteiger partial charge on any atom is 0.124 e. The van der Waals surface area contributed by atoms with Gasteiger partial charge in [-0.2, -0.15) is 0 Å². The molecule has 0 aromatic heterocycles. The van der Waals surface area contributed by atoms with Gasteiger partial charge in [-0.15, -0.1) is 0 Å². The van der Waals surface area contributed by atoms with E-state index in [4.69, 9.17) is 0 Å². The number of hydrogen-bond donors (Lipinski definition) is 0. The summed E-state index contributed by atoms with van der Waals surface area (Å²) in [6.07, 6.45) is 5.56. The number of halogens is 3. The topological polar surface area (TPSA) is 0 Å². The molecule has 0 fully saturated rings. The second-order valence-corrected chi connectivity index (χ2v) is 5.14. The van der Waals surface area contributed by atoms with E-state index < -0.39 is 0 Å². The Balaban J connectivity index is 2.49. The third-order valence-corrected chi connectivity index (χ3v) is 3.22. The Bertz CT molecular complexity index is 519. The third kappa shape index (κ3) is 3.03. The number of hydrogen-bond acceptors (Lipinski definition) is 0. The average Bonchev–Trinajstić information content (AvgIpc) is 2.26. The molecule has 0 amide bonds. The number of rotatable bonds is 1. The first kappa shape index (κ1) is 12.5. The molecule has 1 aromatic rings. The Kier molecular flexibility index (Phi) is 3.76. The predicted octanol–water partition coefficient (Wildman–Crippen LogP) is 5.02. The average molecular weight is 344 g/mol. The van der Waals surface area contributed by atoms with E-state index in [1.54, 1.807) is 0 Å². The van der Waals surface area contributed by atoms with Crippen molar-refractivity contribution in [3.8, 4) is 0 Å². The molecule has 3 heteroatoms. The van der Waals surface area contributed by atoms with Crippen molar-refractivity contribution in [2.45, 2.75) is 13.3 Å². The van der Waals surface area contributed by atoms with Crippen molar-refractivity contribution in [3.05, 3.63) is 62.8 Å². The van der Waals surface area contributed by atoms with Crippen LogP contribution in [0, 0.1) is 9.39 Å². The van der Waals surface area contributed by atoms with Crippen LogP contribution >= 0.6 is 22.6 Å². The van der Waals surface area contributed by atoms with Gasteiger partial charge in [0.2, 0.25) is 0 Å². The molecule has 0 spiro atoms. The first-order valence-electron chi connectivity index (χ1n) is 5.28. The molecule has 0 unspecified atom stereocenters. The van der Waals surface area contributed by atoms with Crippen LogP contribution in [0.1, 0.15) is 18.9 Å². The Morgan fingerprint density at radius 3 is 2.59 bits per heavy atom. The van der Waals surface area contributed by atoms with Crippen LogP contribution in [0.2, 0.25) is 0 Å². The molecular formula is C14H11F2I. The molecule has 1 aliphatic carbocycles. The Morgan fingerprint density at radius 1 is 1.18 bits per heavy atom. The van der Waals surface area contributed by atoms with Crippen molar-refractivity contribution in [3.63, 3.8) is 0 Å². The second kappa shape index (κ2) is 5.12. The molecule has 17 heavy (non-hydrogen) atoms. The fraction of sp³-hybridized carbons (Fsp3) is 0.143. The van der Waals surface area contributed by atoms with Gasteiger partial charge >= 0.3 is 0 Å². The molecule has 0 aliphatic heterocycles. The Hall–Kier alpha value is -0.970. The standard InChI is InChI=1S/C14H11F2I/c1-2-9-3-10(5-12(15)4-9)11-6-13(16)8-14(17)7-11/h2-3,5-8H,4H2,1H3/b9-2-. The van der Waals surface area contributed by atoms with E-state index in [1.165, 1.54) is 18.2 Å². The Labute approximate surface area is 113 Å². The summed E-state index contributed by atoms with van der Waals surface area (Å²) in [6, 6.07) is 4.72. The van der Waals surface area contributed by atoms with Crippen molar-refractivity contribution in [2.75, 3.05) is 0 Å². The van der Waals surface area contributed by atoms with Gasteiger partial charge in [-0.25, -0.2) is 8.78 Å². The summed E-state index contributed by atoms with van der Waals surface area (Å²) in [5.41, 5.74) is 2.35. The van der Waals surface area contributed by atoms with E-state index in [0.717, 1.165) is 14.7 Å². The third-order valence-electron chi connectivity index (χ3n) is 2.59. The van der Waals surface area contributed by atoms with Crippen molar-refractivity contribution in [2.24, 2.45) is 0 Å². The zero-order valence-electron chi connectivity index (χ0n) is 9.31. The van der Waals surface area contributed by atoms with E-state index in [0.29, 0.717) is 12.0 Å². The number of allylic oxidation sites excluding steroid dienone is 6. The van der Waals surface area contributed by atoms with Crippen LogP contribution in [0.5, 0.6) is 0 Å². The summed E-state index contributed by atoms with van der Waals surface area (Å²) in [5, 5.41) is 0. The molecule has 0 heterocycles. The lowest BCUT2D eigenvalue weighted by atomic mass is 9.95. The van der Waals surface area contributed by atoms with Crippen LogP contribution in [-0.4, -0.2) is 0 Å². The lowest BCUT2D eigenvalue weighted by Gasteiger charge is -2.12. The lowest BCUT2D eigenvalue weighted by Crippen LogP contribution is -1.94. The molecule has 0 atom stereocenters. The van der Waals surface area contributed by atoms with Gasteiger partial charge in [-0.3, -0.25) is 0 Å². The van der Waals surface area contributed by atoms with Crippen molar-refractivity contribution in [1.29, 1.82) is 0 Å². The number of benzene rings is 1. The largest absolute Gasteiger partial charge is 0.211 e. The first-order valence-corrected chi connectivity index (χ1v) is 6.36.